The summed E-state index contributed by atoms with van der Waals surface area (Å²) in [5.74, 6) is 1.96. The lowest BCUT2D eigenvalue weighted by molar-refractivity contribution is 0.602. The SMILES string of the molecule is CCCSCC(Cc1cc(F)ccc1Cl)NC. The van der Waals surface area contributed by atoms with E-state index in [1.54, 1.807) is 6.07 Å². The van der Waals surface area contributed by atoms with Gasteiger partial charge in [-0.25, -0.2) is 4.39 Å². The second-order valence-electron chi connectivity index (χ2n) is 4.00. The highest BCUT2D eigenvalue weighted by Gasteiger charge is 2.10. The Balaban J connectivity index is 2.57. The summed E-state index contributed by atoms with van der Waals surface area (Å²) in [6.07, 6.45) is 1.95. The molecule has 0 spiro atoms. The van der Waals surface area contributed by atoms with E-state index < -0.39 is 0 Å². The van der Waals surface area contributed by atoms with Crippen LogP contribution in [0.25, 0.3) is 0 Å². The first kappa shape index (κ1) is 14.8. The molecule has 0 aliphatic carbocycles. The molecule has 0 radical (unpaired) electrons. The van der Waals surface area contributed by atoms with E-state index in [0.717, 1.165) is 23.5 Å². The van der Waals surface area contributed by atoms with Crippen LogP contribution >= 0.6 is 23.4 Å². The van der Waals surface area contributed by atoms with Gasteiger partial charge in [-0.05, 0) is 49.4 Å². The fraction of sp³-hybridized carbons (Fsp3) is 0.538. The van der Waals surface area contributed by atoms with Gasteiger partial charge in [-0.2, -0.15) is 11.8 Å². The molecule has 4 heteroatoms. The first-order chi connectivity index (χ1) is 8.17. The fourth-order valence-electron chi connectivity index (χ4n) is 1.58. The Morgan fingerprint density at radius 1 is 1.47 bits per heavy atom. The lowest BCUT2D eigenvalue weighted by atomic mass is 10.1. The van der Waals surface area contributed by atoms with Crippen LogP contribution in [0.1, 0.15) is 18.9 Å². The predicted molar refractivity (Wildman–Crippen MR) is 75.6 cm³/mol. The number of hydrogen-bond acceptors (Lipinski definition) is 2. The summed E-state index contributed by atoms with van der Waals surface area (Å²) < 4.78 is 13.1. The molecule has 1 rings (SSSR count). The molecule has 0 fully saturated rings. The predicted octanol–water partition coefficient (Wildman–Crippen LogP) is 3.75. The van der Waals surface area contributed by atoms with Crippen molar-refractivity contribution in [1.29, 1.82) is 0 Å². The topological polar surface area (TPSA) is 12.0 Å². The van der Waals surface area contributed by atoms with Gasteiger partial charge in [0.2, 0.25) is 0 Å². The third-order valence-electron chi connectivity index (χ3n) is 2.55. The molecule has 0 aromatic heterocycles. The lowest BCUT2D eigenvalue weighted by Crippen LogP contribution is -2.30. The van der Waals surface area contributed by atoms with Gasteiger partial charge in [0.05, 0.1) is 0 Å². The van der Waals surface area contributed by atoms with Gasteiger partial charge in [-0.15, -0.1) is 0 Å². The Morgan fingerprint density at radius 3 is 2.88 bits per heavy atom. The molecule has 1 nitrogen and oxygen atoms in total. The van der Waals surface area contributed by atoms with Crippen molar-refractivity contribution >= 4 is 23.4 Å². The number of halogens is 2. The zero-order valence-electron chi connectivity index (χ0n) is 10.3. The van der Waals surface area contributed by atoms with Crippen molar-refractivity contribution in [3.8, 4) is 0 Å². The second kappa shape index (κ2) is 7.96. The van der Waals surface area contributed by atoms with Gasteiger partial charge in [0.15, 0.2) is 0 Å². The van der Waals surface area contributed by atoms with Crippen LogP contribution in [0, 0.1) is 5.82 Å². The summed E-state index contributed by atoms with van der Waals surface area (Å²) in [6, 6.07) is 4.88. The van der Waals surface area contributed by atoms with Crippen LogP contribution < -0.4 is 5.32 Å². The van der Waals surface area contributed by atoms with E-state index in [1.807, 2.05) is 18.8 Å². The molecule has 0 aliphatic rings. The summed E-state index contributed by atoms with van der Waals surface area (Å²) >= 11 is 7.97. The summed E-state index contributed by atoms with van der Waals surface area (Å²) in [4.78, 5) is 0. The third-order valence-corrected chi connectivity index (χ3v) is 4.25. The van der Waals surface area contributed by atoms with Crippen molar-refractivity contribution in [2.45, 2.75) is 25.8 Å². The fourth-order valence-corrected chi connectivity index (χ4v) is 2.80. The number of rotatable bonds is 7. The van der Waals surface area contributed by atoms with Crippen LogP contribution in [-0.2, 0) is 6.42 Å². The summed E-state index contributed by atoms with van der Waals surface area (Å²) in [7, 11) is 1.93. The second-order valence-corrected chi connectivity index (χ2v) is 5.56. The first-order valence-corrected chi connectivity index (χ1v) is 7.39. The molecule has 0 saturated heterocycles. The van der Waals surface area contributed by atoms with Crippen molar-refractivity contribution in [2.24, 2.45) is 0 Å². The molecule has 0 saturated carbocycles. The quantitative estimate of drug-likeness (QED) is 0.761. The minimum atomic E-state index is -0.222. The molecule has 1 aromatic rings. The van der Waals surface area contributed by atoms with E-state index in [1.165, 1.54) is 18.6 Å². The van der Waals surface area contributed by atoms with E-state index in [4.69, 9.17) is 11.6 Å². The molecule has 1 atom stereocenters. The molecule has 1 aromatic carbocycles. The molecule has 96 valence electrons. The maximum absolute atomic E-state index is 13.1. The van der Waals surface area contributed by atoms with Crippen molar-refractivity contribution in [1.82, 2.24) is 5.32 Å². The summed E-state index contributed by atoms with van der Waals surface area (Å²) in [5, 5.41) is 3.90. The maximum atomic E-state index is 13.1. The van der Waals surface area contributed by atoms with Crippen molar-refractivity contribution < 1.29 is 4.39 Å². The minimum Gasteiger partial charge on any atom is -0.316 e. The smallest absolute Gasteiger partial charge is 0.123 e. The highest BCUT2D eigenvalue weighted by Crippen LogP contribution is 2.19. The van der Waals surface area contributed by atoms with Gasteiger partial charge < -0.3 is 5.32 Å². The van der Waals surface area contributed by atoms with Crippen LogP contribution in [0.15, 0.2) is 18.2 Å². The summed E-state index contributed by atoms with van der Waals surface area (Å²) in [6.45, 7) is 2.17. The van der Waals surface area contributed by atoms with Crippen molar-refractivity contribution in [2.75, 3.05) is 18.6 Å². The molecule has 1 unspecified atom stereocenters. The Labute approximate surface area is 112 Å². The van der Waals surface area contributed by atoms with E-state index in [9.17, 15) is 4.39 Å². The van der Waals surface area contributed by atoms with Crippen molar-refractivity contribution in [3.63, 3.8) is 0 Å². The third kappa shape index (κ3) is 5.28. The first-order valence-electron chi connectivity index (χ1n) is 5.86. The molecular formula is C13H19ClFNS. The number of likely N-dealkylation sites (N-methyl/N-ethyl adjacent to an activating group) is 1. The average molecular weight is 276 g/mol. The Kier molecular flexibility index (Phi) is 6.93. The van der Waals surface area contributed by atoms with Crippen LogP contribution in [0.2, 0.25) is 5.02 Å². The number of thioether (sulfide) groups is 1. The molecule has 0 heterocycles. The van der Waals surface area contributed by atoms with E-state index in [2.05, 4.69) is 12.2 Å². The zero-order chi connectivity index (χ0) is 12.7. The monoisotopic (exact) mass is 275 g/mol. The Morgan fingerprint density at radius 2 is 2.24 bits per heavy atom. The van der Waals surface area contributed by atoms with E-state index in [0.29, 0.717) is 11.1 Å². The summed E-state index contributed by atoms with van der Waals surface area (Å²) in [5.41, 5.74) is 0.878. The largest absolute Gasteiger partial charge is 0.316 e. The lowest BCUT2D eigenvalue weighted by Gasteiger charge is -2.16. The van der Waals surface area contributed by atoms with Crippen LogP contribution in [0.5, 0.6) is 0 Å². The van der Waals surface area contributed by atoms with Crippen molar-refractivity contribution in [3.05, 3.63) is 34.6 Å². The van der Waals surface area contributed by atoms with Gasteiger partial charge in [-0.1, -0.05) is 18.5 Å². The van der Waals surface area contributed by atoms with Gasteiger partial charge in [0.25, 0.3) is 0 Å². The number of benzene rings is 1. The molecule has 1 N–H and O–H groups in total. The highest BCUT2D eigenvalue weighted by atomic mass is 35.5. The minimum absolute atomic E-state index is 0.222. The van der Waals surface area contributed by atoms with Gasteiger partial charge in [0, 0.05) is 16.8 Å². The van der Waals surface area contributed by atoms with Crippen LogP contribution in [0.4, 0.5) is 4.39 Å². The zero-order valence-corrected chi connectivity index (χ0v) is 11.9. The highest BCUT2D eigenvalue weighted by molar-refractivity contribution is 7.99. The molecule has 0 bridgehead atoms. The Bertz CT molecular complexity index is 346. The maximum Gasteiger partial charge on any atom is 0.123 e. The van der Waals surface area contributed by atoms with Crippen LogP contribution in [0.3, 0.4) is 0 Å². The van der Waals surface area contributed by atoms with E-state index >= 15 is 0 Å². The normalized spacial score (nSPS) is 12.7. The van der Waals surface area contributed by atoms with Crippen LogP contribution in [-0.4, -0.2) is 24.6 Å². The number of nitrogens with one attached hydrogen (secondary N) is 1. The molecule has 0 amide bonds. The molecular weight excluding hydrogens is 257 g/mol. The Hall–Kier alpha value is -0.250. The van der Waals surface area contributed by atoms with Gasteiger partial charge >= 0.3 is 0 Å². The molecule has 0 aliphatic heterocycles. The van der Waals surface area contributed by atoms with E-state index in [-0.39, 0.29) is 5.82 Å². The molecule has 17 heavy (non-hydrogen) atoms. The number of hydrogen-bond donors (Lipinski definition) is 1. The average Bonchev–Trinajstić information content (AvgIpc) is 2.32. The van der Waals surface area contributed by atoms with Gasteiger partial charge in [-0.3, -0.25) is 0 Å². The van der Waals surface area contributed by atoms with Gasteiger partial charge in [0.1, 0.15) is 5.82 Å². The standard InChI is InChI=1S/C13H19ClFNS/c1-3-6-17-9-12(16-2)8-10-7-11(15)4-5-13(10)14/h4-5,7,12,16H,3,6,8-9H2,1-2H3.